The van der Waals surface area contributed by atoms with Gasteiger partial charge in [0.15, 0.2) is 5.60 Å². The third-order valence-corrected chi connectivity index (χ3v) is 5.62. The first-order chi connectivity index (χ1) is 18.7. The minimum absolute atomic E-state index is 0.188. The summed E-state index contributed by atoms with van der Waals surface area (Å²) in [5.41, 5.74) is -0.607. The van der Waals surface area contributed by atoms with Crippen LogP contribution in [0.2, 0.25) is 5.02 Å². The van der Waals surface area contributed by atoms with Gasteiger partial charge in [-0.3, -0.25) is 4.79 Å². The van der Waals surface area contributed by atoms with Crippen LogP contribution in [0, 0.1) is 0 Å². The van der Waals surface area contributed by atoms with Crippen molar-refractivity contribution < 1.29 is 38.1 Å². The molecule has 0 aliphatic rings. The van der Waals surface area contributed by atoms with Gasteiger partial charge >= 0.3 is 18.0 Å². The molecule has 1 atom stereocenters. The lowest BCUT2D eigenvalue weighted by atomic mass is 10.1. The lowest BCUT2D eigenvalue weighted by Gasteiger charge is -2.25. The molecule has 0 saturated heterocycles. The molecule has 2 N–H and O–H groups in total. The number of rotatable bonds is 12. The molecule has 0 saturated carbocycles. The van der Waals surface area contributed by atoms with E-state index in [0.717, 1.165) is 5.56 Å². The minimum atomic E-state index is -1.38. The summed E-state index contributed by atoms with van der Waals surface area (Å²) in [5, 5.41) is 5.85. The molecule has 0 aliphatic heterocycles. The van der Waals surface area contributed by atoms with E-state index in [1.54, 1.807) is 64.1 Å². The van der Waals surface area contributed by atoms with Gasteiger partial charge in [-0.1, -0.05) is 30.7 Å². The van der Waals surface area contributed by atoms with Crippen LogP contribution in [0.4, 0.5) is 4.79 Å². The third kappa shape index (κ3) is 11.1. The number of alkyl carbamates (subject to hydrolysis) is 1. The zero-order valence-corrected chi connectivity index (χ0v) is 24.4. The fraction of sp³-hybridized carbons (Fsp3) is 0.448. The Balaban J connectivity index is 1.77. The summed E-state index contributed by atoms with van der Waals surface area (Å²) in [6.45, 7) is 9.64. The van der Waals surface area contributed by atoms with Crippen molar-refractivity contribution in [3.63, 3.8) is 0 Å². The monoisotopic (exact) mass is 576 g/mol. The van der Waals surface area contributed by atoms with Gasteiger partial charge in [0.1, 0.15) is 17.4 Å². The molecule has 2 rings (SSSR count). The number of esters is 2. The highest BCUT2D eigenvalue weighted by Crippen LogP contribution is 2.20. The Morgan fingerprint density at radius 1 is 0.900 bits per heavy atom. The van der Waals surface area contributed by atoms with Crippen molar-refractivity contribution in [1.29, 1.82) is 0 Å². The van der Waals surface area contributed by atoms with E-state index in [0.29, 0.717) is 29.3 Å². The van der Waals surface area contributed by atoms with Gasteiger partial charge in [0.2, 0.25) is 6.79 Å². The molecule has 10 nitrogen and oxygen atoms in total. The van der Waals surface area contributed by atoms with E-state index >= 15 is 0 Å². The van der Waals surface area contributed by atoms with Crippen LogP contribution in [0.15, 0.2) is 48.5 Å². The van der Waals surface area contributed by atoms with E-state index in [-0.39, 0.29) is 12.3 Å². The van der Waals surface area contributed by atoms with E-state index in [9.17, 15) is 19.2 Å². The number of carbonyl (C=O) groups is 4. The number of carbonyl (C=O) groups excluding carboxylic acids is 4. The number of halogens is 1. The van der Waals surface area contributed by atoms with Crippen molar-refractivity contribution in [2.45, 2.75) is 71.6 Å². The van der Waals surface area contributed by atoms with Crippen molar-refractivity contribution in [2.24, 2.45) is 0 Å². The topological polar surface area (TPSA) is 129 Å². The number of hydrogen-bond acceptors (Lipinski definition) is 8. The number of hydrogen-bond donors (Lipinski definition) is 2. The van der Waals surface area contributed by atoms with Gasteiger partial charge in [-0.05, 0) is 89.4 Å². The van der Waals surface area contributed by atoms with Crippen LogP contribution >= 0.6 is 11.6 Å². The summed E-state index contributed by atoms with van der Waals surface area (Å²) in [4.78, 5) is 49.0. The fourth-order valence-electron chi connectivity index (χ4n) is 3.28. The van der Waals surface area contributed by atoms with Gasteiger partial charge in [-0.2, -0.15) is 0 Å². The molecule has 0 bridgehead atoms. The second-order valence-corrected chi connectivity index (χ2v) is 10.8. The van der Waals surface area contributed by atoms with Gasteiger partial charge < -0.3 is 29.6 Å². The Bertz CT molecular complexity index is 1160. The molecular weight excluding hydrogens is 540 g/mol. The minimum Gasteiger partial charge on any atom is -0.476 e. The second kappa shape index (κ2) is 14.6. The van der Waals surface area contributed by atoms with E-state index < -0.39 is 42.1 Å². The average Bonchev–Trinajstić information content (AvgIpc) is 2.87. The molecule has 0 heterocycles. The SMILES string of the molecule is CCC(NC(=O)OC(C)(C)C)C(=O)OCOC(=O)C(C)(C)Oc1ccc(CCNC(=O)c2ccc(Cl)cc2)cc1. The number of amides is 2. The molecular formula is C29H37ClN2O8. The van der Waals surface area contributed by atoms with E-state index in [2.05, 4.69) is 10.6 Å². The van der Waals surface area contributed by atoms with Crippen LogP contribution in [0.25, 0.3) is 0 Å². The summed E-state index contributed by atoms with van der Waals surface area (Å²) in [7, 11) is 0. The van der Waals surface area contributed by atoms with Crippen LogP contribution < -0.4 is 15.4 Å². The van der Waals surface area contributed by atoms with E-state index in [4.69, 9.17) is 30.5 Å². The number of benzene rings is 2. The highest BCUT2D eigenvalue weighted by molar-refractivity contribution is 6.30. The molecule has 0 spiro atoms. The van der Waals surface area contributed by atoms with Gasteiger partial charge in [0.25, 0.3) is 5.91 Å². The first kappa shape index (κ1) is 32.4. The maximum atomic E-state index is 12.6. The number of ether oxygens (including phenoxy) is 4. The summed E-state index contributed by atoms with van der Waals surface area (Å²) in [6, 6.07) is 12.8. The standard InChI is InChI=1S/C29H37ClN2O8/c1-7-23(32-27(36)40-28(2,3)4)25(34)37-18-38-26(35)29(5,6)39-22-14-8-19(9-15-22)16-17-31-24(33)20-10-12-21(30)13-11-20/h8-15,23H,7,16-18H2,1-6H3,(H,31,33)(H,32,36). The molecule has 1 unspecified atom stereocenters. The fourth-order valence-corrected chi connectivity index (χ4v) is 3.40. The van der Waals surface area contributed by atoms with Gasteiger partial charge in [-0.25, -0.2) is 14.4 Å². The molecule has 0 radical (unpaired) electrons. The average molecular weight is 577 g/mol. The molecule has 2 aromatic rings. The predicted molar refractivity (Wildman–Crippen MR) is 149 cm³/mol. The summed E-state index contributed by atoms with van der Waals surface area (Å²) in [6.07, 6.45) is 0.0973. The normalized spacial score (nSPS) is 12.1. The molecule has 218 valence electrons. The number of nitrogens with one attached hydrogen (secondary N) is 2. The first-order valence-corrected chi connectivity index (χ1v) is 13.2. The van der Waals surface area contributed by atoms with Crippen molar-refractivity contribution in [1.82, 2.24) is 10.6 Å². The molecule has 2 aromatic carbocycles. The van der Waals surface area contributed by atoms with Gasteiger partial charge in [0.05, 0.1) is 0 Å². The maximum Gasteiger partial charge on any atom is 0.408 e. The van der Waals surface area contributed by atoms with Crippen LogP contribution in [-0.4, -0.2) is 54.5 Å². The Hall–Kier alpha value is -3.79. The highest BCUT2D eigenvalue weighted by Gasteiger charge is 2.32. The van der Waals surface area contributed by atoms with Crippen LogP contribution in [0.1, 0.15) is 63.9 Å². The van der Waals surface area contributed by atoms with Crippen molar-refractivity contribution >= 4 is 35.5 Å². The van der Waals surface area contributed by atoms with Crippen molar-refractivity contribution in [3.8, 4) is 5.75 Å². The molecule has 11 heteroatoms. The van der Waals surface area contributed by atoms with Crippen LogP contribution in [0.5, 0.6) is 5.75 Å². The van der Waals surface area contributed by atoms with Crippen molar-refractivity contribution in [2.75, 3.05) is 13.3 Å². The van der Waals surface area contributed by atoms with E-state index in [1.165, 1.54) is 13.8 Å². The molecule has 0 aromatic heterocycles. The van der Waals surface area contributed by atoms with Gasteiger partial charge in [0, 0.05) is 17.1 Å². The van der Waals surface area contributed by atoms with Crippen LogP contribution in [0.3, 0.4) is 0 Å². The highest BCUT2D eigenvalue weighted by atomic mass is 35.5. The molecule has 0 aliphatic carbocycles. The third-order valence-electron chi connectivity index (χ3n) is 5.37. The van der Waals surface area contributed by atoms with E-state index in [1.807, 2.05) is 12.1 Å². The Morgan fingerprint density at radius 3 is 2.10 bits per heavy atom. The summed E-state index contributed by atoms with van der Waals surface area (Å²) in [5.74, 6) is -1.27. The molecule has 2 amide bonds. The Morgan fingerprint density at radius 2 is 1.52 bits per heavy atom. The zero-order chi connectivity index (χ0) is 29.9. The second-order valence-electron chi connectivity index (χ2n) is 10.4. The molecule has 40 heavy (non-hydrogen) atoms. The lowest BCUT2D eigenvalue weighted by molar-refractivity contribution is -0.178. The predicted octanol–water partition coefficient (Wildman–Crippen LogP) is 4.82. The zero-order valence-electron chi connectivity index (χ0n) is 23.7. The maximum absolute atomic E-state index is 12.6. The Labute approximate surface area is 239 Å². The van der Waals surface area contributed by atoms with Gasteiger partial charge in [-0.15, -0.1) is 0 Å². The first-order valence-electron chi connectivity index (χ1n) is 12.9. The quantitative estimate of drug-likeness (QED) is 0.272. The van der Waals surface area contributed by atoms with Crippen molar-refractivity contribution in [3.05, 3.63) is 64.7 Å². The Kier molecular flexibility index (Phi) is 11.8. The lowest BCUT2D eigenvalue weighted by Crippen LogP contribution is -2.44. The largest absolute Gasteiger partial charge is 0.476 e. The molecule has 0 fully saturated rings. The summed E-state index contributed by atoms with van der Waals surface area (Å²) >= 11 is 5.85. The van der Waals surface area contributed by atoms with Crippen LogP contribution in [-0.2, 0) is 30.2 Å². The summed E-state index contributed by atoms with van der Waals surface area (Å²) < 4.78 is 21.0. The smallest absolute Gasteiger partial charge is 0.408 e.